The van der Waals surface area contributed by atoms with Gasteiger partial charge in [-0.1, -0.05) is 24.3 Å². The number of hydrogen-bond acceptors (Lipinski definition) is 8. The van der Waals surface area contributed by atoms with Crippen molar-refractivity contribution in [1.82, 2.24) is 4.98 Å². The van der Waals surface area contributed by atoms with Gasteiger partial charge in [-0.15, -0.1) is 23.1 Å². The van der Waals surface area contributed by atoms with Crippen molar-refractivity contribution in [2.45, 2.75) is 6.54 Å². The van der Waals surface area contributed by atoms with Crippen LogP contribution in [-0.2, 0) is 6.54 Å². The number of amides is 1. The van der Waals surface area contributed by atoms with E-state index in [1.807, 2.05) is 41.8 Å². The van der Waals surface area contributed by atoms with Crippen LogP contribution in [-0.4, -0.2) is 33.7 Å². The van der Waals surface area contributed by atoms with Crippen LogP contribution < -0.4 is 10.6 Å². The van der Waals surface area contributed by atoms with Gasteiger partial charge in [-0.3, -0.25) is 19.9 Å². The Balaban J connectivity index is 1.47. The van der Waals surface area contributed by atoms with E-state index in [2.05, 4.69) is 20.6 Å². The smallest absolute Gasteiger partial charge is 0.267 e. The van der Waals surface area contributed by atoms with Gasteiger partial charge in [0.2, 0.25) is 0 Å². The van der Waals surface area contributed by atoms with Crippen molar-refractivity contribution in [3.8, 4) is 0 Å². The van der Waals surface area contributed by atoms with Crippen molar-refractivity contribution in [3.63, 3.8) is 0 Å². The fourth-order valence-electron chi connectivity index (χ4n) is 3.37. The normalized spacial score (nSPS) is 11.4. The van der Waals surface area contributed by atoms with E-state index in [4.69, 9.17) is 0 Å². The molecule has 0 saturated heterocycles. The summed E-state index contributed by atoms with van der Waals surface area (Å²) >= 11 is 2.58. The first kappa shape index (κ1) is 23.4. The van der Waals surface area contributed by atoms with Crippen LogP contribution in [0.2, 0.25) is 0 Å². The maximum Gasteiger partial charge on any atom is 0.267 e. The minimum Gasteiger partial charge on any atom is -0.380 e. The van der Waals surface area contributed by atoms with Crippen LogP contribution in [0.3, 0.4) is 0 Å². The van der Waals surface area contributed by atoms with Gasteiger partial charge in [0.05, 0.1) is 16.9 Å². The molecule has 2 heterocycles. The Morgan fingerprint density at radius 1 is 1.18 bits per heavy atom. The third-order valence-corrected chi connectivity index (χ3v) is 6.54. The number of nitrogens with one attached hydrogen (secondary N) is 2. The number of aromatic nitrogens is 1. The van der Waals surface area contributed by atoms with Crippen LogP contribution >= 0.6 is 23.1 Å². The topological polar surface area (TPSA) is 110 Å². The number of nitrogens with zero attached hydrogens (tertiary/aromatic N) is 3. The molecule has 4 aromatic rings. The van der Waals surface area contributed by atoms with Crippen LogP contribution in [0.5, 0.6) is 0 Å². The zero-order valence-corrected chi connectivity index (χ0v) is 19.9. The number of rotatable bonds is 8. The first-order valence-electron chi connectivity index (χ1n) is 10.3. The van der Waals surface area contributed by atoms with Crippen molar-refractivity contribution in [3.05, 3.63) is 92.8 Å². The number of benzene rings is 2. The minimum absolute atomic E-state index is 0.242. The van der Waals surface area contributed by atoms with E-state index in [1.165, 1.54) is 23.1 Å². The second-order valence-corrected chi connectivity index (χ2v) is 9.00. The van der Waals surface area contributed by atoms with Crippen molar-refractivity contribution in [2.24, 2.45) is 4.99 Å². The first-order chi connectivity index (χ1) is 16.5. The van der Waals surface area contributed by atoms with Gasteiger partial charge in [0, 0.05) is 28.7 Å². The molecule has 172 valence electrons. The standard InChI is InChI=1S/C24H21N5O3S2/c1-33-22(15-29(31)32)27-17-5-4-6-18(13-17)28-24(30)23-21(10-12-34-23)26-14-16-9-11-25-20-8-3-2-7-19(16)20/h2-13,26H,14-15H2,1H3,(H,28,30). The predicted octanol–water partition coefficient (Wildman–Crippen LogP) is 5.83. The lowest BCUT2D eigenvalue weighted by Gasteiger charge is -2.10. The third kappa shape index (κ3) is 5.77. The molecule has 0 aliphatic heterocycles. The van der Waals surface area contributed by atoms with Crippen LogP contribution in [0.4, 0.5) is 17.1 Å². The fourth-order valence-corrected chi connectivity index (χ4v) is 4.56. The number of nitro groups is 1. The Morgan fingerprint density at radius 2 is 2.03 bits per heavy atom. The predicted molar refractivity (Wildman–Crippen MR) is 140 cm³/mol. The number of fused-ring (bicyclic) bond motifs is 1. The number of carbonyl (C=O) groups excluding carboxylic acids is 1. The molecule has 2 N–H and O–H groups in total. The number of pyridine rings is 1. The number of thiophene rings is 1. The lowest BCUT2D eigenvalue weighted by atomic mass is 10.1. The summed E-state index contributed by atoms with van der Waals surface area (Å²) in [5, 5.41) is 20.4. The van der Waals surface area contributed by atoms with Gasteiger partial charge in [0.25, 0.3) is 12.5 Å². The quantitative estimate of drug-likeness (QED) is 0.139. The van der Waals surface area contributed by atoms with Gasteiger partial charge in [-0.2, -0.15) is 0 Å². The molecule has 1 amide bonds. The first-order valence-corrected chi connectivity index (χ1v) is 12.4. The summed E-state index contributed by atoms with van der Waals surface area (Å²) in [5.41, 5.74) is 3.86. The van der Waals surface area contributed by atoms with Crippen LogP contribution in [0.25, 0.3) is 10.9 Å². The number of carbonyl (C=O) groups is 1. The number of hydrogen-bond donors (Lipinski definition) is 2. The molecule has 8 nitrogen and oxygen atoms in total. The average molecular weight is 492 g/mol. The molecule has 0 radical (unpaired) electrons. The third-order valence-electron chi connectivity index (χ3n) is 4.94. The van der Waals surface area contributed by atoms with Gasteiger partial charge in [-0.25, -0.2) is 4.99 Å². The number of para-hydroxylation sites is 1. The van der Waals surface area contributed by atoms with E-state index in [1.54, 1.807) is 36.7 Å². The number of anilines is 2. The minimum atomic E-state index is -0.416. The van der Waals surface area contributed by atoms with E-state index in [9.17, 15) is 14.9 Å². The second kappa shape index (κ2) is 10.9. The Labute approximate surface area is 204 Å². The molecule has 0 unspecified atom stereocenters. The monoisotopic (exact) mass is 491 g/mol. The Bertz CT molecular complexity index is 1360. The molecule has 0 fully saturated rings. The highest BCUT2D eigenvalue weighted by Gasteiger charge is 2.14. The zero-order chi connectivity index (χ0) is 23.9. The second-order valence-electron chi connectivity index (χ2n) is 7.21. The molecular formula is C24H21N5O3S2. The summed E-state index contributed by atoms with van der Waals surface area (Å²) in [7, 11) is 0. The summed E-state index contributed by atoms with van der Waals surface area (Å²) in [4.78, 5) is 32.6. The summed E-state index contributed by atoms with van der Waals surface area (Å²) < 4.78 is 0. The Morgan fingerprint density at radius 3 is 2.85 bits per heavy atom. The van der Waals surface area contributed by atoms with Crippen LogP contribution in [0, 0.1) is 10.1 Å². The van der Waals surface area contributed by atoms with Gasteiger partial charge in [0.1, 0.15) is 9.92 Å². The molecular weight excluding hydrogens is 470 g/mol. The summed E-state index contributed by atoms with van der Waals surface area (Å²) in [6, 6.07) is 18.7. The molecule has 4 rings (SSSR count). The van der Waals surface area contributed by atoms with Gasteiger partial charge < -0.3 is 10.6 Å². The number of aliphatic imine (C=N–C) groups is 1. The van der Waals surface area contributed by atoms with Crippen LogP contribution in [0.1, 0.15) is 15.2 Å². The van der Waals surface area contributed by atoms with Gasteiger partial charge >= 0.3 is 0 Å². The lowest BCUT2D eigenvalue weighted by molar-refractivity contribution is -0.462. The highest BCUT2D eigenvalue weighted by Crippen LogP contribution is 2.26. The zero-order valence-electron chi connectivity index (χ0n) is 18.2. The lowest BCUT2D eigenvalue weighted by Crippen LogP contribution is -2.13. The van der Waals surface area contributed by atoms with Crippen LogP contribution in [0.15, 0.2) is 77.2 Å². The van der Waals surface area contributed by atoms with E-state index >= 15 is 0 Å². The van der Waals surface area contributed by atoms with Gasteiger partial charge in [-0.05, 0) is 53.6 Å². The summed E-state index contributed by atoms with van der Waals surface area (Å²) in [6.45, 7) is 0.215. The van der Waals surface area contributed by atoms with E-state index in [0.29, 0.717) is 27.8 Å². The van der Waals surface area contributed by atoms with E-state index in [-0.39, 0.29) is 12.5 Å². The highest BCUT2D eigenvalue weighted by atomic mass is 32.2. The average Bonchev–Trinajstić information content (AvgIpc) is 3.31. The Hall–Kier alpha value is -3.76. The Kier molecular flexibility index (Phi) is 7.51. The molecule has 10 heteroatoms. The molecule has 34 heavy (non-hydrogen) atoms. The maximum atomic E-state index is 13.0. The molecule has 0 aliphatic carbocycles. The largest absolute Gasteiger partial charge is 0.380 e. The molecule has 2 aromatic carbocycles. The molecule has 2 aromatic heterocycles. The van der Waals surface area contributed by atoms with Crippen molar-refractivity contribution < 1.29 is 9.72 Å². The maximum absolute atomic E-state index is 13.0. The molecule has 0 aliphatic rings. The van der Waals surface area contributed by atoms with Crippen molar-refractivity contribution in [2.75, 3.05) is 23.4 Å². The van der Waals surface area contributed by atoms with Crippen molar-refractivity contribution >= 4 is 62.0 Å². The van der Waals surface area contributed by atoms with Crippen molar-refractivity contribution in [1.29, 1.82) is 0 Å². The summed E-state index contributed by atoms with van der Waals surface area (Å²) in [5.74, 6) is -0.242. The highest BCUT2D eigenvalue weighted by molar-refractivity contribution is 8.13. The number of thioether (sulfide) groups is 1. The van der Waals surface area contributed by atoms with Gasteiger partial charge in [0.15, 0.2) is 0 Å². The van der Waals surface area contributed by atoms with E-state index in [0.717, 1.165) is 22.2 Å². The molecule has 0 saturated carbocycles. The fraction of sp³-hybridized carbons (Fsp3) is 0.125. The molecule has 0 bridgehead atoms. The van der Waals surface area contributed by atoms with E-state index < -0.39 is 4.92 Å². The SMILES string of the molecule is CSC(C[N+](=O)[O-])=Nc1cccc(NC(=O)c2sccc2NCc2ccnc3ccccc23)c1. The molecule has 0 atom stereocenters. The summed E-state index contributed by atoms with van der Waals surface area (Å²) in [6.07, 6.45) is 3.53. The molecule has 0 spiro atoms.